The predicted octanol–water partition coefficient (Wildman–Crippen LogP) is 3.86. The lowest BCUT2D eigenvalue weighted by molar-refractivity contribution is 0.718. The first-order valence-corrected chi connectivity index (χ1v) is 10.6. The van der Waals surface area contributed by atoms with E-state index < -0.39 is 11.2 Å². The Bertz CT molecular complexity index is 1290. The first kappa shape index (κ1) is 21.2. The number of nitrogens with two attached hydrogens (primary N) is 1. The fraction of sp³-hybridized carbons (Fsp3) is 0.154. The second-order valence-corrected chi connectivity index (χ2v) is 7.64. The number of benzene rings is 3. The summed E-state index contributed by atoms with van der Waals surface area (Å²) in [4.78, 5) is 29.5. The average Bonchev–Trinajstić information content (AvgIpc) is 2.82. The van der Waals surface area contributed by atoms with Crippen LogP contribution in [0.5, 0.6) is 0 Å². The number of anilines is 2. The van der Waals surface area contributed by atoms with Gasteiger partial charge in [0.25, 0.3) is 5.56 Å². The molecule has 6 nitrogen and oxygen atoms in total. The SMILES string of the molecule is CCN(Cc1ccc(-c2ccccc2)cc1)c1c(N)n(Cc2ccccc2)c(=O)[nH]c1=O. The lowest BCUT2D eigenvalue weighted by Gasteiger charge is -2.25. The van der Waals surface area contributed by atoms with Gasteiger partial charge in [-0.3, -0.25) is 14.3 Å². The van der Waals surface area contributed by atoms with Gasteiger partial charge in [0.1, 0.15) is 11.5 Å². The zero-order valence-electron chi connectivity index (χ0n) is 18.0. The Morgan fingerprint density at radius 2 is 1.41 bits per heavy atom. The molecule has 0 atom stereocenters. The molecule has 0 aliphatic heterocycles. The Labute approximate surface area is 186 Å². The maximum absolute atomic E-state index is 12.7. The Balaban J connectivity index is 1.63. The number of aromatic amines is 1. The molecule has 4 rings (SSSR count). The molecule has 0 aliphatic carbocycles. The summed E-state index contributed by atoms with van der Waals surface area (Å²) in [5.74, 6) is 0.172. The number of aromatic nitrogens is 2. The molecule has 0 saturated heterocycles. The normalized spacial score (nSPS) is 10.8. The number of nitrogens with zero attached hydrogens (tertiary/aromatic N) is 2. The fourth-order valence-corrected chi connectivity index (χ4v) is 3.81. The van der Waals surface area contributed by atoms with Crippen LogP contribution < -0.4 is 21.9 Å². The Morgan fingerprint density at radius 3 is 2.03 bits per heavy atom. The van der Waals surface area contributed by atoms with E-state index in [1.54, 1.807) is 0 Å². The van der Waals surface area contributed by atoms with Gasteiger partial charge in [-0.15, -0.1) is 0 Å². The van der Waals surface area contributed by atoms with E-state index in [0.29, 0.717) is 25.3 Å². The number of hydrogen-bond donors (Lipinski definition) is 2. The highest BCUT2D eigenvalue weighted by Crippen LogP contribution is 2.23. The highest BCUT2D eigenvalue weighted by Gasteiger charge is 2.18. The van der Waals surface area contributed by atoms with Crippen molar-refractivity contribution < 1.29 is 0 Å². The summed E-state index contributed by atoms with van der Waals surface area (Å²) in [6, 6.07) is 28.0. The summed E-state index contributed by atoms with van der Waals surface area (Å²) in [6.07, 6.45) is 0. The first-order valence-electron chi connectivity index (χ1n) is 10.6. The third-order valence-corrected chi connectivity index (χ3v) is 5.53. The minimum Gasteiger partial charge on any atom is -0.383 e. The third-order valence-electron chi connectivity index (χ3n) is 5.53. The molecule has 0 spiro atoms. The summed E-state index contributed by atoms with van der Waals surface area (Å²) >= 11 is 0. The van der Waals surface area contributed by atoms with Crippen LogP contribution in [0.3, 0.4) is 0 Å². The van der Waals surface area contributed by atoms with Crippen molar-refractivity contribution >= 4 is 11.5 Å². The van der Waals surface area contributed by atoms with E-state index in [0.717, 1.165) is 22.3 Å². The van der Waals surface area contributed by atoms with Gasteiger partial charge in [0, 0.05) is 13.1 Å². The van der Waals surface area contributed by atoms with Crippen molar-refractivity contribution in [3.05, 3.63) is 117 Å². The highest BCUT2D eigenvalue weighted by molar-refractivity contribution is 5.65. The monoisotopic (exact) mass is 426 g/mol. The average molecular weight is 427 g/mol. The molecule has 1 heterocycles. The van der Waals surface area contributed by atoms with E-state index in [2.05, 4.69) is 41.4 Å². The largest absolute Gasteiger partial charge is 0.383 e. The Kier molecular flexibility index (Phi) is 6.22. The van der Waals surface area contributed by atoms with Crippen molar-refractivity contribution in [3.63, 3.8) is 0 Å². The minimum absolute atomic E-state index is 0.172. The molecular formula is C26H26N4O2. The van der Waals surface area contributed by atoms with E-state index in [1.807, 2.05) is 60.4 Å². The van der Waals surface area contributed by atoms with E-state index in [1.165, 1.54) is 4.57 Å². The van der Waals surface area contributed by atoms with Gasteiger partial charge in [0.2, 0.25) is 0 Å². The van der Waals surface area contributed by atoms with Crippen LogP contribution in [0.2, 0.25) is 0 Å². The first-order chi connectivity index (χ1) is 15.6. The molecule has 162 valence electrons. The van der Waals surface area contributed by atoms with Crippen molar-refractivity contribution in [2.45, 2.75) is 20.0 Å². The third kappa shape index (κ3) is 4.49. The van der Waals surface area contributed by atoms with Gasteiger partial charge >= 0.3 is 5.69 Å². The summed E-state index contributed by atoms with van der Waals surface area (Å²) < 4.78 is 1.41. The maximum atomic E-state index is 12.7. The van der Waals surface area contributed by atoms with Crippen LogP contribution in [0.4, 0.5) is 11.5 Å². The molecule has 0 bridgehead atoms. The Hall–Kier alpha value is -4.06. The van der Waals surface area contributed by atoms with E-state index in [4.69, 9.17) is 5.73 Å². The van der Waals surface area contributed by atoms with Gasteiger partial charge < -0.3 is 10.6 Å². The zero-order chi connectivity index (χ0) is 22.5. The molecule has 1 aromatic heterocycles. The van der Waals surface area contributed by atoms with Gasteiger partial charge in [0.15, 0.2) is 0 Å². The smallest absolute Gasteiger partial charge is 0.330 e. The molecule has 0 aliphatic rings. The van der Waals surface area contributed by atoms with Crippen molar-refractivity contribution in [3.8, 4) is 11.1 Å². The lowest BCUT2D eigenvalue weighted by Crippen LogP contribution is -2.38. The summed E-state index contributed by atoms with van der Waals surface area (Å²) in [7, 11) is 0. The molecule has 0 saturated carbocycles. The van der Waals surface area contributed by atoms with Crippen LogP contribution in [-0.4, -0.2) is 16.1 Å². The number of hydrogen-bond acceptors (Lipinski definition) is 4. The molecule has 3 aromatic carbocycles. The van der Waals surface area contributed by atoms with E-state index in [-0.39, 0.29) is 5.82 Å². The van der Waals surface area contributed by atoms with Gasteiger partial charge in [-0.2, -0.15) is 0 Å². The van der Waals surface area contributed by atoms with Crippen molar-refractivity contribution in [1.29, 1.82) is 0 Å². The second kappa shape index (κ2) is 9.39. The topological polar surface area (TPSA) is 84.1 Å². The van der Waals surface area contributed by atoms with Crippen LogP contribution in [-0.2, 0) is 13.1 Å². The molecule has 0 amide bonds. The maximum Gasteiger partial charge on any atom is 0.330 e. The zero-order valence-corrected chi connectivity index (χ0v) is 18.0. The Morgan fingerprint density at radius 1 is 0.812 bits per heavy atom. The van der Waals surface area contributed by atoms with Crippen LogP contribution in [0.25, 0.3) is 11.1 Å². The van der Waals surface area contributed by atoms with Gasteiger partial charge in [-0.25, -0.2) is 4.79 Å². The molecule has 4 aromatic rings. The molecule has 0 fully saturated rings. The summed E-state index contributed by atoms with van der Waals surface area (Å²) in [6.45, 7) is 3.32. The molecule has 6 heteroatoms. The van der Waals surface area contributed by atoms with Gasteiger partial charge in [-0.05, 0) is 29.2 Å². The van der Waals surface area contributed by atoms with E-state index in [9.17, 15) is 9.59 Å². The molecule has 32 heavy (non-hydrogen) atoms. The number of nitrogen functional groups attached to an aromatic ring is 1. The highest BCUT2D eigenvalue weighted by atomic mass is 16.2. The summed E-state index contributed by atoms with van der Waals surface area (Å²) in [5, 5.41) is 0. The van der Waals surface area contributed by atoms with Crippen LogP contribution in [0.1, 0.15) is 18.1 Å². The quantitative estimate of drug-likeness (QED) is 0.470. The number of rotatable bonds is 7. The van der Waals surface area contributed by atoms with Crippen LogP contribution in [0, 0.1) is 0 Å². The standard InChI is InChI=1S/C26H26N4O2/c1-2-29(17-20-13-15-22(16-14-20)21-11-7-4-8-12-21)23-24(27)30(26(32)28-25(23)31)18-19-9-5-3-6-10-19/h3-16H,2,17-18,27H2,1H3,(H,28,31,32). The predicted molar refractivity (Wildman–Crippen MR) is 130 cm³/mol. The van der Waals surface area contributed by atoms with Crippen LogP contribution >= 0.6 is 0 Å². The van der Waals surface area contributed by atoms with Crippen molar-refractivity contribution in [2.75, 3.05) is 17.2 Å². The van der Waals surface area contributed by atoms with Crippen LogP contribution in [0.15, 0.2) is 94.5 Å². The van der Waals surface area contributed by atoms with Gasteiger partial charge in [-0.1, -0.05) is 84.9 Å². The molecule has 0 radical (unpaired) electrons. The number of nitrogens with one attached hydrogen (secondary N) is 1. The molecule has 3 N–H and O–H groups in total. The van der Waals surface area contributed by atoms with E-state index >= 15 is 0 Å². The fourth-order valence-electron chi connectivity index (χ4n) is 3.81. The summed E-state index contributed by atoms with van der Waals surface area (Å²) in [5.41, 5.74) is 9.96. The van der Waals surface area contributed by atoms with Crippen molar-refractivity contribution in [1.82, 2.24) is 9.55 Å². The van der Waals surface area contributed by atoms with Crippen molar-refractivity contribution in [2.24, 2.45) is 0 Å². The molecular weight excluding hydrogens is 400 g/mol. The number of H-pyrrole nitrogens is 1. The molecule has 0 unspecified atom stereocenters. The van der Waals surface area contributed by atoms with Gasteiger partial charge in [0.05, 0.1) is 6.54 Å². The second-order valence-electron chi connectivity index (χ2n) is 7.64. The minimum atomic E-state index is -0.511. The lowest BCUT2D eigenvalue weighted by atomic mass is 10.0.